The fourth-order valence-electron chi connectivity index (χ4n) is 4.75. The van der Waals surface area contributed by atoms with Crippen LogP contribution < -0.4 is 0 Å². The third kappa shape index (κ3) is 9.70. The zero-order chi connectivity index (χ0) is 27.0. The molecule has 2 aromatic carbocycles. The number of rotatable bonds is 17. The predicted octanol–water partition coefficient (Wildman–Crippen LogP) is 9.48. The Kier molecular flexibility index (Phi) is 13.0. The summed E-state index contributed by atoms with van der Waals surface area (Å²) in [4.78, 5) is 21.4. The first kappa shape index (κ1) is 29.5. The first-order valence-electron chi connectivity index (χ1n) is 14.9. The van der Waals surface area contributed by atoms with E-state index >= 15 is 0 Å². The average Bonchev–Trinajstić information content (AvgIpc) is 2.96. The summed E-state index contributed by atoms with van der Waals surface area (Å²) in [6.45, 7) is 6.47. The van der Waals surface area contributed by atoms with Crippen molar-refractivity contribution in [1.29, 1.82) is 0 Å². The Bertz CT molecular complexity index is 1060. The lowest BCUT2D eigenvalue weighted by atomic mass is 9.98. The number of benzene rings is 2. The van der Waals surface area contributed by atoms with Gasteiger partial charge in [-0.15, -0.1) is 0 Å². The van der Waals surface area contributed by atoms with Crippen LogP contribution in [0.2, 0.25) is 0 Å². The van der Waals surface area contributed by atoms with Crippen molar-refractivity contribution < 1.29 is 9.53 Å². The van der Waals surface area contributed by atoms with Crippen LogP contribution in [0.15, 0.2) is 60.9 Å². The maximum absolute atomic E-state index is 12.7. The Hall–Kier alpha value is -3.01. The number of unbranched alkanes of at least 4 members (excludes halogenated alkanes) is 8. The molecule has 0 aliphatic rings. The van der Waals surface area contributed by atoms with Gasteiger partial charge in [0.25, 0.3) is 0 Å². The van der Waals surface area contributed by atoms with E-state index in [1.165, 1.54) is 61.6 Å². The van der Waals surface area contributed by atoms with Gasteiger partial charge in [-0.2, -0.15) is 0 Å². The summed E-state index contributed by atoms with van der Waals surface area (Å²) in [5.41, 5.74) is 5.19. The van der Waals surface area contributed by atoms with Gasteiger partial charge in [-0.25, -0.2) is 14.8 Å². The maximum Gasteiger partial charge on any atom is 0.341 e. The van der Waals surface area contributed by atoms with Crippen molar-refractivity contribution in [2.75, 3.05) is 0 Å². The zero-order valence-electron chi connectivity index (χ0n) is 23.8. The lowest BCUT2D eigenvalue weighted by molar-refractivity contribution is 0.0287. The molecule has 0 saturated heterocycles. The van der Waals surface area contributed by atoms with Crippen molar-refractivity contribution in [3.63, 3.8) is 0 Å². The molecule has 1 unspecified atom stereocenters. The van der Waals surface area contributed by atoms with Crippen LogP contribution >= 0.6 is 0 Å². The van der Waals surface area contributed by atoms with Crippen LogP contribution in [0.3, 0.4) is 0 Å². The van der Waals surface area contributed by atoms with E-state index in [-0.39, 0.29) is 12.1 Å². The maximum atomic E-state index is 12.7. The lowest BCUT2D eigenvalue weighted by Gasteiger charge is -2.17. The van der Waals surface area contributed by atoms with Crippen LogP contribution in [0, 0.1) is 0 Å². The summed E-state index contributed by atoms with van der Waals surface area (Å²) in [6, 6.07) is 17.3. The van der Waals surface area contributed by atoms with E-state index in [4.69, 9.17) is 4.74 Å². The number of esters is 1. The Labute approximate surface area is 230 Å². The molecule has 3 aromatic rings. The van der Waals surface area contributed by atoms with Crippen LogP contribution in [0.5, 0.6) is 0 Å². The Morgan fingerprint density at radius 3 is 1.82 bits per heavy atom. The highest BCUT2D eigenvalue weighted by Gasteiger charge is 2.17. The van der Waals surface area contributed by atoms with Crippen LogP contribution in [-0.2, 0) is 17.6 Å². The molecule has 1 atom stereocenters. The normalized spacial score (nSPS) is 11.9. The number of ether oxygens (including phenoxy) is 1. The van der Waals surface area contributed by atoms with Crippen molar-refractivity contribution in [2.45, 2.75) is 110 Å². The number of carbonyl (C=O) groups is 1. The number of hydrogen-bond acceptors (Lipinski definition) is 4. The molecule has 0 amide bonds. The van der Waals surface area contributed by atoms with Crippen molar-refractivity contribution in [3.05, 3.63) is 83.4 Å². The molecular weight excluding hydrogens is 468 g/mol. The molecule has 0 fully saturated rings. The molecule has 0 spiro atoms. The molecule has 0 bridgehead atoms. The van der Waals surface area contributed by atoms with Crippen LogP contribution in [0.25, 0.3) is 11.1 Å². The molecule has 0 aliphatic heterocycles. The summed E-state index contributed by atoms with van der Waals surface area (Å²) < 4.78 is 5.83. The molecule has 0 N–H and O–H groups in total. The topological polar surface area (TPSA) is 52.1 Å². The third-order valence-electron chi connectivity index (χ3n) is 7.20. The van der Waals surface area contributed by atoms with Gasteiger partial charge in [-0.05, 0) is 47.9 Å². The second-order valence-corrected chi connectivity index (χ2v) is 10.3. The van der Waals surface area contributed by atoms with Crippen molar-refractivity contribution in [2.24, 2.45) is 0 Å². The first-order chi connectivity index (χ1) is 18.6. The standard InChI is InChI=1S/C34H46N2O2/c1-4-7-9-10-11-12-14-15-27-17-19-28(20-18-27)29-21-23-30(24-22-29)32(6-3)38-34(37)31-25-35-33(36-26-31)16-13-8-5-2/h17-26,32H,4-16H2,1-3H3. The van der Waals surface area contributed by atoms with E-state index < -0.39 is 0 Å². The largest absolute Gasteiger partial charge is 0.454 e. The van der Waals surface area contributed by atoms with Crippen molar-refractivity contribution in [3.8, 4) is 11.1 Å². The molecule has 38 heavy (non-hydrogen) atoms. The van der Waals surface area contributed by atoms with Crippen LogP contribution in [0.1, 0.15) is 125 Å². The van der Waals surface area contributed by atoms with Crippen molar-refractivity contribution >= 4 is 5.97 Å². The smallest absolute Gasteiger partial charge is 0.341 e. The second kappa shape index (κ2) is 16.8. The number of hydrogen-bond donors (Lipinski definition) is 0. The van der Waals surface area contributed by atoms with Gasteiger partial charge in [0.05, 0.1) is 5.56 Å². The van der Waals surface area contributed by atoms with Gasteiger partial charge in [-0.1, -0.05) is 121 Å². The molecule has 1 aromatic heterocycles. The Morgan fingerprint density at radius 1 is 0.684 bits per heavy atom. The van der Waals surface area contributed by atoms with E-state index in [0.717, 1.165) is 43.5 Å². The summed E-state index contributed by atoms with van der Waals surface area (Å²) in [7, 11) is 0. The van der Waals surface area contributed by atoms with Gasteiger partial charge in [-0.3, -0.25) is 0 Å². The van der Waals surface area contributed by atoms with E-state index in [0.29, 0.717) is 12.0 Å². The quantitative estimate of drug-likeness (QED) is 0.133. The Morgan fingerprint density at radius 2 is 1.21 bits per heavy atom. The van der Waals surface area contributed by atoms with Gasteiger partial charge in [0, 0.05) is 18.8 Å². The van der Waals surface area contributed by atoms with Crippen LogP contribution in [0.4, 0.5) is 0 Å². The number of carbonyl (C=O) groups excluding carboxylic acids is 1. The molecular formula is C34H46N2O2. The van der Waals surface area contributed by atoms with E-state index in [1.54, 1.807) is 12.4 Å². The highest BCUT2D eigenvalue weighted by atomic mass is 16.5. The second-order valence-electron chi connectivity index (χ2n) is 10.3. The fraction of sp³-hybridized carbons (Fsp3) is 0.500. The monoisotopic (exact) mass is 514 g/mol. The van der Waals surface area contributed by atoms with Gasteiger partial charge in [0.1, 0.15) is 11.9 Å². The SMILES string of the molecule is CCCCCCCCCc1ccc(-c2ccc(C(CC)OC(=O)c3cnc(CCCCC)nc3)cc2)cc1. The first-order valence-corrected chi connectivity index (χ1v) is 14.9. The highest BCUT2D eigenvalue weighted by molar-refractivity contribution is 5.88. The summed E-state index contributed by atoms with van der Waals surface area (Å²) in [5.74, 6) is 0.404. The molecule has 4 heteroatoms. The molecule has 0 radical (unpaired) electrons. The van der Waals surface area contributed by atoms with E-state index in [9.17, 15) is 4.79 Å². The zero-order valence-corrected chi connectivity index (χ0v) is 23.8. The number of aryl methyl sites for hydroxylation is 2. The fourth-order valence-corrected chi connectivity index (χ4v) is 4.75. The van der Waals surface area contributed by atoms with Gasteiger partial charge in [0.15, 0.2) is 0 Å². The summed E-state index contributed by atoms with van der Waals surface area (Å²) in [5, 5.41) is 0. The average molecular weight is 515 g/mol. The molecule has 204 valence electrons. The summed E-state index contributed by atoms with van der Waals surface area (Å²) >= 11 is 0. The third-order valence-corrected chi connectivity index (χ3v) is 7.20. The molecule has 0 aliphatic carbocycles. The molecule has 3 rings (SSSR count). The van der Waals surface area contributed by atoms with Crippen LogP contribution in [-0.4, -0.2) is 15.9 Å². The van der Waals surface area contributed by atoms with Gasteiger partial charge >= 0.3 is 5.97 Å². The minimum absolute atomic E-state index is 0.301. The molecule has 0 saturated carbocycles. The minimum Gasteiger partial charge on any atom is -0.454 e. The predicted molar refractivity (Wildman–Crippen MR) is 157 cm³/mol. The van der Waals surface area contributed by atoms with Crippen molar-refractivity contribution in [1.82, 2.24) is 9.97 Å². The Balaban J connectivity index is 1.50. The van der Waals surface area contributed by atoms with Gasteiger partial charge < -0.3 is 4.74 Å². The number of nitrogens with zero attached hydrogens (tertiary/aromatic N) is 2. The molecule has 1 heterocycles. The van der Waals surface area contributed by atoms with E-state index in [2.05, 4.69) is 72.3 Å². The summed E-state index contributed by atoms with van der Waals surface area (Å²) in [6.07, 6.45) is 18.4. The minimum atomic E-state index is -0.377. The lowest BCUT2D eigenvalue weighted by Crippen LogP contribution is -2.12. The molecule has 4 nitrogen and oxygen atoms in total. The van der Waals surface area contributed by atoms with Gasteiger partial charge in [0.2, 0.25) is 0 Å². The highest BCUT2D eigenvalue weighted by Crippen LogP contribution is 2.27. The van der Waals surface area contributed by atoms with E-state index in [1.807, 2.05) is 6.92 Å². The number of aromatic nitrogens is 2.